The Balaban J connectivity index is 2.59. The van der Waals surface area contributed by atoms with Gasteiger partial charge in [0, 0.05) is 18.3 Å². The van der Waals surface area contributed by atoms with Crippen LogP contribution in [0.15, 0.2) is 18.5 Å². The molecule has 0 saturated heterocycles. The van der Waals surface area contributed by atoms with E-state index in [2.05, 4.69) is 10.1 Å². The molecule has 0 spiro atoms. The molecule has 0 fully saturated rings. The third kappa shape index (κ3) is 1.81. The van der Waals surface area contributed by atoms with E-state index in [0.29, 0.717) is 11.6 Å². The summed E-state index contributed by atoms with van der Waals surface area (Å²) in [6.45, 7) is 4.30. The van der Waals surface area contributed by atoms with Gasteiger partial charge in [-0.3, -0.25) is 0 Å². The highest BCUT2D eigenvalue weighted by atomic mass is 35.5. The first kappa shape index (κ1) is 11.1. The molecule has 0 atom stereocenters. The molecule has 2 rings (SSSR count). The van der Waals surface area contributed by atoms with Crippen LogP contribution in [0.2, 0.25) is 5.02 Å². The number of aromatic nitrogens is 3. The standard InChI is InChI=1S/C11H13ClN4/c1-7-3-4-14-11(9(7)5-13)16-6-10(12)8(2)15-16/h3-4,6H,5,13H2,1-2H3. The Kier molecular flexibility index (Phi) is 2.94. The fourth-order valence-corrected chi connectivity index (χ4v) is 1.70. The smallest absolute Gasteiger partial charge is 0.158 e. The molecule has 84 valence electrons. The van der Waals surface area contributed by atoms with Crippen LogP contribution in [0.25, 0.3) is 5.82 Å². The number of hydrogen-bond donors (Lipinski definition) is 1. The van der Waals surface area contributed by atoms with Gasteiger partial charge in [-0.05, 0) is 25.5 Å². The fourth-order valence-electron chi connectivity index (χ4n) is 1.57. The van der Waals surface area contributed by atoms with Crippen LogP contribution < -0.4 is 5.73 Å². The molecule has 2 aromatic rings. The lowest BCUT2D eigenvalue weighted by Crippen LogP contribution is -2.09. The topological polar surface area (TPSA) is 56.7 Å². The van der Waals surface area contributed by atoms with E-state index in [4.69, 9.17) is 17.3 Å². The van der Waals surface area contributed by atoms with Crippen LogP contribution in [0.5, 0.6) is 0 Å². The van der Waals surface area contributed by atoms with E-state index < -0.39 is 0 Å². The first-order valence-electron chi connectivity index (χ1n) is 5.00. The zero-order valence-electron chi connectivity index (χ0n) is 9.24. The summed E-state index contributed by atoms with van der Waals surface area (Å²) in [7, 11) is 0. The van der Waals surface area contributed by atoms with Crippen molar-refractivity contribution >= 4 is 11.6 Å². The van der Waals surface area contributed by atoms with Gasteiger partial charge in [0.1, 0.15) is 0 Å². The molecule has 16 heavy (non-hydrogen) atoms. The Hall–Kier alpha value is -1.39. The maximum atomic E-state index is 5.97. The molecule has 2 N–H and O–H groups in total. The van der Waals surface area contributed by atoms with Crippen LogP contribution in [0, 0.1) is 13.8 Å². The normalized spacial score (nSPS) is 10.8. The lowest BCUT2D eigenvalue weighted by Gasteiger charge is -2.08. The van der Waals surface area contributed by atoms with E-state index in [0.717, 1.165) is 22.6 Å². The summed E-state index contributed by atoms with van der Waals surface area (Å²) in [5.41, 5.74) is 8.60. The summed E-state index contributed by atoms with van der Waals surface area (Å²) in [5.74, 6) is 0.748. The molecular formula is C11H13ClN4. The molecule has 0 radical (unpaired) electrons. The van der Waals surface area contributed by atoms with Crippen molar-refractivity contribution in [2.24, 2.45) is 5.73 Å². The zero-order valence-corrected chi connectivity index (χ0v) is 9.99. The molecule has 0 aliphatic heterocycles. The molecule has 5 heteroatoms. The van der Waals surface area contributed by atoms with Gasteiger partial charge in [0.2, 0.25) is 0 Å². The molecule has 0 saturated carbocycles. The van der Waals surface area contributed by atoms with Crippen molar-refractivity contribution in [1.29, 1.82) is 0 Å². The molecule has 4 nitrogen and oxygen atoms in total. The molecule has 0 bridgehead atoms. The lowest BCUT2D eigenvalue weighted by molar-refractivity contribution is 0.808. The Morgan fingerprint density at radius 1 is 1.44 bits per heavy atom. The molecule has 2 heterocycles. The quantitative estimate of drug-likeness (QED) is 0.868. The summed E-state index contributed by atoms with van der Waals surface area (Å²) >= 11 is 5.97. The molecule has 2 aromatic heterocycles. The van der Waals surface area contributed by atoms with Gasteiger partial charge in [-0.25, -0.2) is 9.67 Å². The van der Waals surface area contributed by atoms with Crippen molar-refractivity contribution < 1.29 is 0 Å². The first-order valence-corrected chi connectivity index (χ1v) is 5.38. The number of pyridine rings is 1. The maximum Gasteiger partial charge on any atom is 0.158 e. The second-order valence-electron chi connectivity index (χ2n) is 3.64. The fraction of sp³-hybridized carbons (Fsp3) is 0.273. The minimum atomic E-state index is 0.436. The van der Waals surface area contributed by atoms with Crippen molar-refractivity contribution in [3.63, 3.8) is 0 Å². The van der Waals surface area contributed by atoms with Crippen molar-refractivity contribution in [2.45, 2.75) is 20.4 Å². The molecule has 0 aliphatic rings. The summed E-state index contributed by atoms with van der Waals surface area (Å²) in [4.78, 5) is 4.30. The van der Waals surface area contributed by atoms with Crippen LogP contribution in [0.4, 0.5) is 0 Å². The van der Waals surface area contributed by atoms with Crippen molar-refractivity contribution in [3.8, 4) is 5.82 Å². The summed E-state index contributed by atoms with van der Waals surface area (Å²) in [5, 5.41) is 4.93. The highest BCUT2D eigenvalue weighted by Gasteiger charge is 2.10. The molecule has 0 unspecified atom stereocenters. The van der Waals surface area contributed by atoms with Crippen LogP contribution in [0.1, 0.15) is 16.8 Å². The summed E-state index contributed by atoms with van der Waals surface area (Å²) in [6, 6.07) is 1.93. The van der Waals surface area contributed by atoms with Gasteiger partial charge in [-0.15, -0.1) is 0 Å². The van der Waals surface area contributed by atoms with Gasteiger partial charge in [-0.2, -0.15) is 5.10 Å². The maximum absolute atomic E-state index is 5.97. The second kappa shape index (κ2) is 4.23. The van der Waals surface area contributed by atoms with E-state index in [1.807, 2.05) is 19.9 Å². The lowest BCUT2D eigenvalue weighted by atomic mass is 10.1. The van der Waals surface area contributed by atoms with Crippen molar-refractivity contribution in [3.05, 3.63) is 40.3 Å². The zero-order chi connectivity index (χ0) is 11.7. The van der Waals surface area contributed by atoms with Crippen LogP contribution in [-0.2, 0) is 6.54 Å². The predicted octanol–water partition coefficient (Wildman–Crippen LogP) is 2.00. The number of nitrogens with zero attached hydrogens (tertiary/aromatic N) is 3. The van der Waals surface area contributed by atoms with E-state index in [1.165, 1.54) is 0 Å². The van der Waals surface area contributed by atoms with Crippen LogP contribution in [0.3, 0.4) is 0 Å². The third-order valence-corrected chi connectivity index (χ3v) is 2.90. The van der Waals surface area contributed by atoms with E-state index >= 15 is 0 Å². The highest BCUT2D eigenvalue weighted by Crippen LogP contribution is 2.19. The number of hydrogen-bond acceptors (Lipinski definition) is 3. The van der Waals surface area contributed by atoms with E-state index in [-0.39, 0.29) is 0 Å². The average molecular weight is 237 g/mol. The number of rotatable bonds is 2. The Morgan fingerprint density at radius 3 is 2.75 bits per heavy atom. The predicted molar refractivity (Wildman–Crippen MR) is 63.7 cm³/mol. The van der Waals surface area contributed by atoms with Gasteiger partial charge in [0.05, 0.1) is 16.9 Å². The Bertz CT molecular complexity index is 499. The van der Waals surface area contributed by atoms with Crippen LogP contribution >= 0.6 is 11.6 Å². The van der Waals surface area contributed by atoms with Gasteiger partial charge in [-0.1, -0.05) is 11.6 Å². The summed E-state index contributed by atoms with van der Waals surface area (Å²) < 4.78 is 1.67. The highest BCUT2D eigenvalue weighted by molar-refractivity contribution is 6.31. The molecule has 0 aromatic carbocycles. The van der Waals surface area contributed by atoms with E-state index in [9.17, 15) is 0 Å². The Labute approximate surface area is 99.1 Å². The van der Waals surface area contributed by atoms with Gasteiger partial charge in [0.25, 0.3) is 0 Å². The molecule has 0 aliphatic carbocycles. The van der Waals surface area contributed by atoms with Gasteiger partial charge >= 0.3 is 0 Å². The number of halogens is 1. The van der Waals surface area contributed by atoms with Gasteiger partial charge < -0.3 is 5.73 Å². The van der Waals surface area contributed by atoms with Crippen molar-refractivity contribution in [2.75, 3.05) is 0 Å². The monoisotopic (exact) mass is 236 g/mol. The first-order chi connectivity index (χ1) is 7.63. The largest absolute Gasteiger partial charge is 0.326 e. The third-order valence-electron chi connectivity index (χ3n) is 2.53. The molecular weight excluding hydrogens is 224 g/mol. The van der Waals surface area contributed by atoms with E-state index in [1.54, 1.807) is 17.1 Å². The van der Waals surface area contributed by atoms with Gasteiger partial charge in [0.15, 0.2) is 5.82 Å². The van der Waals surface area contributed by atoms with Crippen molar-refractivity contribution in [1.82, 2.24) is 14.8 Å². The Morgan fingerprint density at radius 2 is 2.19 bits per heavy atom. The minimum Gasteiger partial charge on any atom is -0.326 e. The minimum absolute atomic E-state index is 0.436. The second-order valence-corrected chi connectivity index (χ2v) is 4.05. The number of aryl methyl sites for hydroxylation is 2. The molecule has 0 amide bonds. The average Bonchev–Trinajstić information content (AvgIpc) is 2.59. The SMILES string of the molecule is Cc1ccnc(-n2cc(Cl)c(C)n2)c1CN. The number of nitrogens with two attached hydrogens (primary N) is 1. The van der Waals surface area contributed by atoms with Crippen LogP contribution in [-0.4, -0.2) is 14.8 Å². The summed E-state index contributed by atoms with van der Waals surface area (Å²) in [6.07, 6.45) is 3.49.